The van der Waals surface area contributed by atoms with E-state index in [0.29, 0.717) is 0 Å². The van der Waals surface area contributed by atoms with Crippen LogP contribution in [0.5, 0.6) is 0 Å². The van der Waals surface area contributed by atoms with E-state index in [2.05, 4.69) is 101 Å². The first-order valence-electron chi connectivity index (χ1n) is 8.05. The number of thioether (sulfide) groups is 1. The molecule has 0 radical (unpaired) electrons. The standard InChI is InChI=1S/C21H19N2S.HI/c1-22-19-14-8-9-15-20(19)23(16-24-18-12-6-3-7-13-18)21(22)17-10-4-2-5-11-17;/h2-15H,16H2,1H3;1H/q+1;/p-1. The van der Waals surface area contributed by atoms with Gasteiger partial charge in [0.15, 0.2) is 11.0 Å². The second-order valence-corrected chi connectivity index (χ2v) is 6.77. The molecule has 0 N–H and O–H groups in total. The van der Waals surface area contributed by atoms with Crippen LogP contribution in [0.3, 0.4) is 0 Å². The number of halogens is 1. The average molecular weight is 458 g/mol. The van der Waals surface area contributed by atoms with Crippen LogP contribution >= 0.6 is 11.8 Å². The third-order valence-corrected chi connectivity index (χ3v) is 5.24. The number of hydrogen-bond acceptors (Lipinski definition) is 1. The molecule has 0 fully saturated rings. The van der Waals surface area contributed by atoms with E-state index in [9.17, 15) is 0 Å². The molecular formula is C21H19IN2S. The van der Waals surface area contributed by atoms with E-state index in [1.54, 1.807) is 0 Å². The predicted molar refractivity (Wildman–Crippen MR) is 101 cm³/mol. The van der Waals surface area contributed by atoms with Crippen molar-refractivity contribution in [2.75, 3.05) is 0 Å². The summed E-state index contributed by atoms with van der Waals surface area (Å²) in [6.07, 6.45) is 0. The lowest BCUT2D eigenvalue weighted by molar-refractivity contribution is -0.634. The molecule has 25 heavy (non-hydrogen) atoms. The van der Waals surface area contributed by atoms with Crippen LogP contribution in [0.2, 0.25) is 0 Å². The van der Waals surface area contributed by atoms with E-state index in [-0.39, 0.29) is 24.0 Å². The Balaban J connectivity index is 0.00000182. The van der Waals surface area contributed by atoms with E-state index in [4.69, 9.17) is 0 Å². The lowest BCUT2D eigenvalue weighted by atomic mass is 10.2. The van der Waals surface area contributed by atoms with Crippen molar-refractivity contribution in [3.8, 4) is 11.4 Å². The SMILES string of the molecule is C[n+]1c(-c2ccccc2)n(CSc2ccccc2)c2ccccc21.[I-]. The van der Waals surface area contributed by atoms with Gasteiger partial charge in [0, 0.05) is 4.90 Å². The number of hydrogen-bond donors (Lipinski definition) is 0. The van der Waals surface area contributed by atoms with Crippen molar-refractivity contribution in [2.24, 2.45) is 7.05 Å². The Morgan fingerprint density at radius 1 is 0.800 bits per heavy atom. The van der Waals surface area contributed by atoms with Crippen molar-refractivity contribution in [2.45, 2.75) is 10.8 Å². The number of aryl methyl sites for hydroxylation is 1. The molecule has 0 aliphatic heterocycles. The van der Waals surface area contributed by atoms with Crippen LogP contribution in [-0.2, 0) is 12.9 Å². The maximum absolute atomic E-state index is 2.41. The predicted octanol–water partition coefficient (Wildman–Crippen LogP) is 1.89. The molecule has 0 aliphatic carbocycles. The number of benzene rings is 3. The first kappa shape index (κ1) is 18.0. The summed E-state index contributed by atoms with van der Waals surface area (Å²) in [5, 5.41) is 0. The minimum atomic E-state index is 0. The molecular weight excluding hydrogens is 439 g/mol. The normalized spacial score (nSPS) is 10.6. The molecule has 4 heteroatoms. The van der Waals surface area contributed by atoms with Gasteiger partial charge in [-0.1, -0.05) is 60.3 Å². The largest absolute Gasteiger partial charge is 1.00 e. The van der Waals surface area contributed by atoms with Crippen LogP contribution in [0.4, 0.5) is 0 Å². The quantitative estimate of drug-likeness (QED) is 0.258. The smallest absolute Gasteiger partial charge is 0.290 e. The lowest BCUT2D eigenvalue weighted by Crippen LogP contribution is -3.00. The minimum absolute atomic E-state index is 0. The van der Waals surface area contributed by atoms with E-state index < -0.39 is 0 Å². The molecule has 0 spiro atoms. The zero-order valence-corrected chi connectivity index (χ0v) is 16.9. The summed E-state index contributed by atoms with van der Waals surface area (Å²) in [6.45, 7) is 0. The number of rotatable bonds is 4. The Kier molecular flexibility index (Phi) is 5.81. The second kappa shape index (κ2) is 8.06. The molecule has 0 saturated carbocycles. The molecule has 0 atom stereocenters. The van der Waals surface area contributed by atoms with Gasteiger partial charge in [-0.3, -0.25) is 0 Å². The van der Waals surface area contributed by atoms with E-state index in [1.165, 1.54) is 27.3 Å². The van der Waals surface area contributed by atoms with Gasteiger partial charge >= 0.3 is 0 Å². The van der Waals surface area contributed by atoms with Gasteiger partial charge in [-0.2, -0.15) is 0 Å². The first-order chi connectivity index (χ1) is 11.8. The molecule has 3 aromatic carbocycles. The van der Waals surface area contributed by atoms with Gasteiger partial charge < -0.3 is 24.0 Å². The molecule has 0 aliphatic rings. The van der Waals surface area contributed by atoms with Gasteiger partial charge in [-0.25, -0.2) is 9.13 Å². The zero-order valence-electron chi connectivity index (χ0n) is 14.0. The molecule has 126 valence electrons. The highest BCUT2D eigenvalue weighted by atomic mass is 127. The Labute approximate surface area is 169 Å². The van der Waals surface area contributed by atoms with E-state index in [0.717, 1.165) is 5.88 Å². The highest BCUT2D eigenvalue weighted by molar-refractivity contribution is 7.98. The Bertz CT molecular complexity index is 965. The topological polar surface area (TPSA) is 8.81 Å². The van der Waals surface area contributed by atoms with Crippen molar-refractivity contribution >= 4 is 22.8 Å². The molecule has 0 amide bonds. The minimum Gasteiger partial charge on any atom is -1.00 e. The van der Waals surface area contributed by atoms with Gasteiger partial charge in [0.1, 0.15) is 5.88 Å². The Hall–Kier alpha value is -1.79. The van der Waals surface area contributed by atoms with Crippen LogP contribution in [0, 0.1) is 0 Å². The highest BCUT2D eigenvalue weighted by Gasteiger charge is 2.23. The van der Waals surface area contributed by atoms with Crippen molar-refractivity contribution in [1.29, 1.82) is 0 Å². The summed E-state index contributed by atoms with van der Waals surface area (Å²) in [5.41, 5.74) is 3.76. The molecule has 4 aromatic rings. The van der Waals surface area contributed by atoms with Crippen molar-refractivity contribution in [3.63, 3.8) is 0 Å². The van der Waals surface area contributed by atoms with E-state index >= 15 is 0 Å². The number of para-hydroxylation sites is 2. The fraction of sp³-hybridized carbons (Fsp3) is 0.0952. The van der Waals surface area contributed by atoms with Crippen LogP contribution in [0.25, 0.3) is 22.4 Å². The van der Waals surface area contributed by atoms with Crippen molar-refractivity contribution < 1.29 is 28.5 Å². The van der Waals surface area contributed by atoms with Crippen molar-refractivity contribution in [1.82, 2.24) is 4.57 Å². The molecule has 1 heterocycles. The maximum Gasteiger partial charge on any atom is 0.290 e. The van der Waals surface area contributed by atoms with Crippen LogP contribution in [0.1, 0.15) is 0 Å². The maximum atomic E-state index is 2.41. The summed E-state index contributed by atoms with van der Waals surface area (Å²) in [7, 11) is 2.15. The lowest BCUT2D eigenvalue weighted by Gasteiger charge is -2.04. The summed E-state index contributed by atoms with van der Waals surface area (Å²) in [4.78, 5) is 1.29. The third-order valence-electron chi connectivity index (χ3n) is 4.24. The summed E-state index contributed by atoms with van der Waals surface area (Å²) >= 11 is 1.86. The molecule has 0 saturated heterocycles. The summed E-state index contributed by atoms with van der Waals surface area (Å²) in [6, 6.07) is 29.8. The fourth-order valence-corrected chi connectivity index (χ4v) is 4.00. The monoisotopic (exact) mass is 458 g/mol. The summed E-state index contributed by atoms with van der Waals surface area (Å²) in [5.74, 6) is 2.12. The van der Waals surface area contributed by atoms with E-state index in [1.807, 2.05) is 11.8 Å². The number of fused-ring (bicyclic) bond motifs is 1. The van der Waals surface area contributed by atoms with Crippen molar-refractivity contribution in [3.05, 3.63) is 84.9 Å². The number of aromatic nitrogens is 2. The van der Waals surface area contributed by atoms with Gasteiger partial charge in [-0.05, 0) is 36.4 Å². The first-order valence-corrected chi connectivity index (χ1v) is 9.03. The zero-order chi connectivity index (χ0) is 16.4. The number of imidazole rings is 1. The molecule has 2 nitrogen and oxygen atoms in total. The molecule has 4 rings (SSSR count). The molecule has 0 bridgehead atoms. The Morgan fingerprint density at radius 2 is 1.40 bits per heavy atom. The molecule has 1 aromatic heterocycles. The van der Waals surface area contributed by atoms with Gasteiger partial charge in [0.05, 0.1) is 12.6 Å². The second-order valence-electron chi connectivity index (χ2n) is 5.75. The van der Waals surface area contributed by atoms with Crippen LogP contribution in [0.15, 0.2) is 89.8 Å². The van der Waals surface area contributed by atoms with Crippen LogP contribution in [-0.4, -0.2) is 4.57 Å². The fourth-order valence-electron chi connectivity index (χ4n) is 3.11. The van der Waals surface area contributed by atoms with Gasteiger partial charge in [-0.15, -0.1) is 0 Å². The summed E-state index contributed by atoms with van der Waals surface area (Å²) < 4.78 is 4.69. The van der Waals surface area contributed by atoms with Gasteiger partial charge in [0.2, 0.25) is 0 Å². The average Bonchev–Trinajstić information content (AvgIpc) is 2.94. The highest BCUT2D eigenvalue weighted by Crippen LogP contribution is 2.27. The Morgan fingerprint density at radius 3 is 2.12 bits per heavy atom. The molecule has 0 unspecified atom stereocenters. The van der Waals surface area contributed by atoms with Crippen LogP contribution < -0.4 is 28.5 Å². The third kappa shape index (κ3) is 3.60. The number of nitrogens with zero attached hydrogens (tertiary/aromatic N) is 2. The van der Waals surface area contributed by atoms with Gasteiger partial charge in [0.25, 0.3) is 5.82 Å².